The van der Waals surface area contributed by atoms with Crippen LogP contribution >= 0.6 is 0 Å². The Morgan fingerprint density at radius 1 is 1.50 bits per heavy atom. The fraction of sp³-hybridized carbons (Fsp3) is 0.455. The van der Waals surface area contributed by atoms with Gasteiger partial charge in [-0.3, -0.25) is 10.1 Å². The molecule has 0 aliphatic heterocycles. The average molecular weight is 224 g/mol. The molecule has 0 aromatic heterocycles. The van der Waals surface area contributed by atoms with Gasteiger partial charge >= 0.3 is 0 Å². The van der Waals surface area contributed by atoms with Gasteiger partial charge in [0, 0.05) is 23.7 Å². The van der Waals surface area contributed by atoms with E-state index < -0.39 is 4.92 Å². The molecule has 1 aromatic carbocycles. The first kappa shape index (κ1) is 12.4. The molecule has 1 aromatic rings. The van der Waals surface area contributed by atoms with Crippen molar-refractivity contribution < 1.29 is 10.0 Å². The van der Waals surface area contributed by atoms with Crippen LogP contribution in [0.1, 0.15) is 31.9 Å². The quantitative estimate of drug-likeness (QED) is 0.606. The lowest BCUT2D eigenvalue weighted by molar-refractivity contribution is -0.385. The van der Waals surface area contributed by atoms with Gasteiger partial charge in [-0.1, -0.05) is 13.8 Å². The van der Waals surface area contributed by atoms with Crippen LogP contribution in [-0.2, 0) is 0 Å². The maximum Gasteiger partial charge on any atom is 0.270 e. The third-order valence-electron chi connectivity index (χ3n) is 2.35. The molecule has 5 nitrogen and oxygen atoms in total. The van der Waals surface area contributed by atoms with Gasteiger partial charge in [0.1, 0.15) is 5.75 Å². The lowest BCUT2D eigenvalue weighted by atomic mass is 9.97. The van der Waals surface area contributed by atoms with Gasteiger partial charge in [0.05, 0.1) is 4.92 Å². The van der Waals surface area contributed by atoms with Crippen molar-refractivity contribution in [3.8, 4) is 5.75 Å². The minimum atomic E-state index is -0.495. The SMILES string of the molecule is CC(C)C[C@H](N)c1cc([N+](=O)[O-])ccc1O. The average Bonchev–Trinajstić information content (AvgIpc) is 2.16. The highest BCUT2D eigenvalue weighted by Crippen LogP contribution is 2.30. The number of nitrogens with two attached hydrogens (primary N) is 1. The number of nitro groups is 1. The van der Waals surface area contributed by atoms with E-state index in [0.29, 0.717) is 17.9 Å². The lowest BCUT2D eigenvalue weighted by Crippen LogP contribution is -2.13. The number of hydrogen-bond acceptors (Lipinski definition) is 4. The predicted octanol–water partition coefficient (Wildman–Crippen LogP) is 2.35. The molecule has 0 aliphatic carbocycles. The third-order valence-corrected chi connectivity index (χ3v) is 2.35. The van der Waals surface area contributed by atoms with Gasteiger partial charge < -0.3 is 10.8 Å². The summed E-state index contributed by atoms with van der Waals surface area (Å²) in [4.78, 5) is 10.1. The highest BCUT2D eigenvalue weighted by molar-refractivity contribution is 5.44. The standard InChI is InChI=1S/C11H16N2O3/c1-7(2)5-10(12)9-6-8(13(15)16)3-4-11(9)14/h3-4,6-7,10,14H,5,12H2,1-2H3/t10-/m0/s1. The van der Waals surface area contributed by atoms with Crippen LogP contribution in [0.4, 0.5) is 5.69 Å². The molecule has 0 unspecified atom stereocenters. The zero-order valence-corrected chi connectivity index (χ0v) is 9.38. The summed E-state index contributed by atoms with van der Waals surface area (Å²) in [6, 6.07) is 3.54. The van der Waals surface area contributed by atoms with Crippen molar-refractivity contribution in [2.24, 2.45) is 11.7 Å². The molecule has 3 N–H and O–H groups in total. The molecule has 0 spiro atoms. The van der Waals surface area contributed by atoms with Crippen LogP contribution in [0.5, 0.6) is 5.75 Å². The van der Waals surface area contributed by atoms with Crippen molar-refractivity contribution in [1.82, 2.24) is 0 Å². The van der Waals surface area contributed by atoms with E-state index in [1.54, 1.807) is 0 Å². The molecule has 0 saturated heterocycles. The number of phenolic OH excluding ortho intramolecular Hbond substituents is 1. The molecular formula is C11H16N2O3. The summed E-state index contributed by atoms with van der Waals surface area (Å²) in [5.74, 6) is 0.382. The highest BCUT2D eigenvalue weighted by atomic mass is 16.6. The van der Waals surface area contributed by atoms with Gasteiger partial charge in [-0.2, -0.15) is 0 Å². The van der Waals surface area contributed by atoms with Crippen molar-refractivity contribution in [1.29, 1.82) is 0 Å². The summed E-state index contributed by atoms with van der Waals surface area (Å²) in [7, 11) is 0. The fourth-order valence-electron chi connectivity index (χ4n) is 1.59. The number of benzene rings is 1. The molecule has 0 amide bonds. The van der Waals surface area contributed by atoms with Crippen LogP contribution in [0, 0.1) is 16.0 Å². The van der Waals surface area contributed by atoms with Crippen LogP contribution in [0.3, 0.4) is 0 Å². The summed E-state index contributed by atoms with van der Waals surface area (Å²) in [6.45, 7) is 4.02. The second-order valence-corrected chi connectivity index (χ2v) is 4.24. The molecule has 1 rings (SSSR count). The monoisotopic (exact) mass is 224 g/mol. The number of rotatable bonds is 4. The van der Waals surface area contributed by atoms with Crippen molar-refractivity contribution in [3.63, 3.8) is 0 Å². The van der Waals surface area contributed by atoms with Crippen molar-refractivity contribution in [2.45, 2.75) is 26.3 Å². The molecule has 1 atom stereocenters. The Morgan fingerprint density at radius 2 is 2.12 bits per heavy atom. The van der Waals surface area contributed by atoms with Gasteiger partial charge in [0.2, 0.25) is 0 Å². The second kappa shape index (κ2) is 4.94. The molecule has 0 bridgehead atoms. The Morgan fingerprint density at radius 3 is 2.62 bits per heavy atom. The third kappa shape index (κ3) is 2.93. The normalized spacial score (nSPS) is 12.8. The number of non-ortho nitro benzene ring substituents is 1. The summed E-state index contributed by atoms with van der Waals surface area (Å²) < 4.78 is 0. The van der Waals surface area contributed by atoms with Gasteiger partial charge in [-0.15, -0.1) is 0 Å². The van der Waals surface area contributed by atoms with Crippen molar-refractivity contribution >= 4 is 5.69 Å². The topological polar surface area (TPSA) is 89.4 Å². The van der Waals surface area contributed by atoms with Crippen molar-refractivity contribution in [2.75, 3.05) is 0 Å². The van der Waals surface area contributed by atoms with E-state index in [4.69, 9.17) is 5.73 Å². The summed E-state index contributed by atoms with van der Waals surface area (Å²) in [5.41, 5.74) is 6.27. The molecule has 0 saturated carbocycles. The molecule has 0 fully saturated rings. The Bertz CT molecular complexity index is 391. The number of nitrogens with zero attached hydrogens (tertiary/aromatic N) is 1. The zero-order chi connectivity index (χ0) is 12.3. The van der Waals surface area contributed by atoms with Crippen LogP contribution in [0.2, 0.25) is 0 Å². The largest absolute Gasteiger partial charge is 0.508 e. The van der Waals surface area contributed by atoms with E-state index in [9.17, 15) is 15.2 Å². The maximum absolute atomic E-state index is 10.6. The molecule has 5 heteroatoms. The van der Waals surface area contributed by atoms with Crippen LogP contribution in [0.25, 0.3) is 0 Å². The first-order chi connectivity index (χ1) is 7.41. The van der Waals surface area contributed by atoms with Gasteiger partial charge in [-0.05, 0) is 18.4 Å². The second-order valence-electron chi connectivity index (χ2n) is 4.24. The van der Waals surface area contributed by atoms with Crippen LogP contribution in [-0.4, -0.2) is 10.0 Å². The van der Waals surface area contributed by atoms with Crippen molar-refractivity contribution in [3.05, 3.63) is 33.9 Å². The highest BCUT2D eigenvalue weighted by Gasteiger charge is 2.16. The predicted molar refractivity (Wildman–Crippen MR) is 61.1 cm³/mol. The molecule has 16 heavy (non-hydrogen) atoms. The Labute approximate surface area is 94.0 Å². The summed E-state index contributed by atoms with van der Waals surface area (Å²) >= 11 is 0. The van der Waals surface area contributed by atoms with E-state index in [0.717, 1.165) is 0 Å². The van der Waals surface area contributed by atoms with E-state index >= 15 is 0 Å². The zero-order valence-electron chi connectivity index (χ0n) is 9.38. The molecular weight excluding hydrogens is 208 g/mol. The van der Waals surface area contributed by atoms with E-state index in [1.807, 2.05) is 13.8 Å². The molecule has 0 heterocycles. The van der Waals surface area contributed by atoms with Gasteiger partial charge in [0.25, 0.3) is 5.69 Å². The number of aromatic hydroxyl groups is 1. The molecule has 0 radical (unpaired) electrons. The van der Waals surface area contributed by atoms with Gasteiger partial charge in [0.15, 0.2) is 0 Å². The Kier molecular flexibility index (Phi) is 3.84. The minimum absolute atomic E-state index is 0.0127. The van der Waals surface area contributed by atoms with Crippen LogP contribution < -0.4 is 5.73 Å². The molecule has 88 valence electrons. The Hall–Kier alpha value is -1.62. The summed E-state index contributed by atoms with van der Waals surface area (Å²) in [5, 5.41) is 20.2. The number of hydrogen-bond donors (Lipinski definition) is 2. The first-order valence-corrected chi connectivity index (χ1v) is 5.14. The lowest BCUT2D eigenvalue weighted by Gasteiger charge is -2.15. The summed E-state index contributed by atoms with van der Waals surface area (Å²) in [6.07, 6.45) is 0.675. The number of nitro benzene ring substituents is 1. The fourth-order valence-corrected chi connectivity index (χ4v) is 1.59. The smallest absolute Gasteiger partial charge is 0.270 e. The van der Waals surface area contributed by atoms with E-state index in [-0.39, 0.29) is 17.5 Å². The minimum Gasteiger partial charge on any atom is -0.508 e. The maximum atomic E-state index is 10.6. The van der Waals surface area contributed by atoms with E-state index in [2.05, 4.69) is 0 Å². The van der Waals surface area contributed by atoms with E-state index in [1.165, 1.54) is 18.2 Å². The van der Waals surface area contributed by atoms with Gasteiger partial charge in [-0.25, -0.2) is 0 Å². The Balaban J connectivity index is 3.02. The number of phenols is 1. The van der Waals surface area contributed by atoms with Crippen LogP contribution in [0.15, 0.2) is 18.2 Å². The molecule has 0 aliphatic rings. The first-order valence-electron chi connectivity index (χ1n) is 5.14.